The molecule has 1 fully saturated rings. The smallest absolute Gasteiger partial charge is 0.00501 e. The minimum atomic E-state index is 0.566. The summed E-state index contributed by atoms with van der Waals surface area (Å²) in [6.45, 7) is 15.6. The first kappa shape index (κ1) is 19.0. The van der Waals surface area contributed by atoms with Crippen LogP contribution in [0.4, 0.5) is 0 Å². The van der Waals surface area contributed by atoms with E-state index in [2.05, 4.69) is 37.9 Å². The molecule has 0 bridgehead atoms. The van der Waals surface area contributed by atoms with E-state index in [0.29, 0.717) is 5.41 Å². The maximum Gasteiger partial charge on any atom is 0.00501 e. The SMILES string of the molecule is CCCCN(CCCC)CC1(CNCC(C)C)CCCC1. The number of nitrogens with one attached hydrogen (secondary N) is 1. The highest BCUT2D eigenvalue weighted by atomic mass is 15.1. The maximum absolute atomic E-state index is 3.76. The third kappa shape index (κ3) is 7.65. The molecule has 0 radical (unpaired) electrons. The van der Waals surface area contributed by atoms with Crippen molar-refractivity contribution in [3.8, 4) is 0 Å². The number of hydrogen-bond acceptors (Lipinski definition) is 2. The summed E-state index contributed by atoms with van der Waals surface area (Å²) in [5.74, 6) is 0.764. The lowest BCUT2D eigenvalue weighted by molar-refractivity contribution is 0.144. The van der Waals surface area contributed by atoms with Crippen LogP contribution in [0.15, 0.2) is 0 Å². The molecule has 1 saturated carbocycles. The van der Waals surface area contributed by atoms with E-state index in [-0.39, 0.29) is 0 Å². The van der Waals surface area contributed by atoms with Gasteiger partial charge in [0.2, 0.25) is 0 Å². The molecular weight excluding hydrogens is 256 g/mol. The van der Waals surface area contributed by atoms with Gasteiger partial charge in [-0.15, -0.1) is 0 Å². The Morgan fingerprint density at radius 3 is 2.05 bits per heavy atom. The first-order valence-electron chi connectivity index (χ1n) is 9.55. The summed E-state index contributed by atoms with van der Waals surface area (Å²) in [4.78, 5) is 2.77. The zero-order valence-electron chi connectivity index (χ0n) is 15.2. The van der Waals surface area contributed by atoms with Crippen LogP contribution in [0.3, 0.4) is 0 Å². The fourth-order valence-electron chi connectivity index (χ4n) is 3.65. The number of unbranched alkanes of at least 4 members (excludes halogenated alkanes) is 2. The van der Waals surface area contributed by atoms with Crippen molar-refractivity contribution in [2.45, 2.75) is 79.1 Å². The van der Waals surface area contributed by atoms with Gasteiger partial charge in [0.1, 0.15) is 0 Å². The normalized spacial score (nSPS) is 18.0. The topological polar surface area (TPSA) is 15.3 Å². The van der Waals surface area contributed by atoms with Gasteiger partial charge in [-0.3, -0.25) is 0 Å². The summed E-state index contributed by atoms with van der Waals surface area (Å²) in [7, 11) is 0. The van der Waals surface area contributed by atoms with E-state index in [9.17, 15) is 0 Å². The predicted molar refractivity (Wildman–Crippen MR) is 94.9 cm³/mol. The van der Waals surface area contributed by atoms with Crippen LogP contribution >= 0.6 is 0 Å². The summed E-state index contributed by atoms with van der Waals surface area (Å²) < 4.78 is 0. The standard InChI is InChI=1S/C19H40N2/c1-5-7-13-21(14-8-6-2)17-19(11-9-10-12-19)16-20-15-18(3)4/h18,20H,5-17H2,1-4H3. The van der Waals surface area contributed by atoms with Crippen LogP contribution in [-0.4, -0.2) is 37.6 Å². The molecule has 1 aliphatic carbocycles. The second-order valence-corrected chi connectivity index (χ2v) is 7.72. The molecule has 1 N–H and O–H groups in total. The van der Waals surface area contributed by atoms with Gasteiger partial charge in [0.25, 0.3) is 0 Å². The lowest BCUT2D eigenvalue weighted by Gasteiger charge is -2.36. The lowest BCUT2D eigenvalue weighted by Crippen LogP contribution is -2.44. The lowest BCUT2D eigenvalue weighted by atomic mass is 9.85. The molecule has 2 heteroatoms. The molecule has 0 atom stereocenters. The fraction of sp³-hybridized carbons (Fsp3) is 1.00. The van der Waals surface area contributed by atoms with Crippen LogP contribution in [-0.2, 0) is 0 Å². The zero-order valence-corrected chi connectivity index (χ0v) is 15.2. The Kier molecular flexibility index (Phi) is 9.59. The van der Waals surface area contributed by atoms with Gasteiger partial charge in [0.15, 0.2) is 0 Å². The monoisotopic (exact) mass is 296 g/mol. The summed E-state index contributed by atoms with van der Waals surface area (Å²) in [5, 5.41) is 3.76. The molecule has 1 rings (SSSR count). The van der Waals surface area contributed by atoms with E-state index in [1.165, 1.54) is 84.1 Å². The van der Waals surface area contributed by atoms with Gasteiger partial charge >= 0.3 is 0 Å². The summed E-state index contributed by atoms with van der Waals surface area (Å²) in [6.07, 6.45) is 11.1. The second-order valence-electron chi connectivity index (χ2n) is 7.72. The van der Waals surface area contributed by atoms with E-state index >= 15 is 0 Å². The van der Waals surface area contributed by atoms with Gasteiger partial charge in [-0.2, -0.15) is 0 Å². The number of nitrogens with zero attached hydrogens (tertiary/aromatic N) is 1. The molecule has 0 unspecified atom stereocenters. The van der Waals surface area contributed by atoms with Crippen molar-refractivity contribution in [2.24, 2.45) is 11.3 Å². The van der Waals surface area contributed by atoms with Crippen LogP contribution in [0, 0.1) is 11.3 Å². The van der Waals surface area contributed by atoms with Gasteiger partial charge < -0.3 is 10.2 Å². The summed E-state index contributed by atoms with van der Waals surface area (Å²) in [6, 6.07) is 0. The van der Waals surface area contributed by atoms with Crippen molar-refractivity contribution in [3.05, 3.63) is 0 Å². The fourth-order valence-corrected chi connectivity index (χ4v) is 3.65. The molecule has 0 saturated heterocycles. The van der Waals surface area contributed by atoms with E-state index < -0.39 is 0 Å². The van der Waals surface area contributed by atoms with Crippen LogP contribution < -0.4 is 5.32 Å². The maximum atomic E-state index is 3.76. The molecule has 0 aliphatic heterocycles. The largest absolute Gasteiger partial charge is 0.316 e. The first-order chi connectivity index (χ1) is 10.1. The molecule has 126 valence electrons. The predicted octanol–water partition coefficient (Wildman–Crippen LogP) is 4.69. The molecule has 21 heavy (non-hydrogen) atoms. The van der Waals surface area contributed by atoms with Gasteiger partial charge in [0.05, 0.1) is 0 Å². The highest BCUT2D eigenvalue weighted by Crippen LogP contribution is 2.38. The Bertz CT molecular complexity index is 236. The average molecular weight is 297 g/mol. The first-order valence-corrected chi connectivity index (χ1v) is 9.55. The van der Waals surface area contributed by atoms with E-state index in [1.54, 1.807) is 0 Å². The van der Waals surface area contributed by atoms with Crippen molar-refractivity contribution in [1.29, 1.82) is 0 Å². The summed E-state index contributed by atoms with van der Waals surface area (Å²) >= 11 is 0. The molecule has 0 spiro atoms. The van der Waals surface area contributed by atoms with Gasteiger partial charge in [0, 0.05) is 13.1 Å². The van der Waals surface area contributed by atoms with Crippen LogP contribution in [0.2, 0.25) is 0 Å². The summed E-state index contributed by atoms with van der Waals surface area (Å²) in [5.41, 5.74) is 0.566. The zero-order chi connectivity index (χ0) is 15.6. The highest BCUT2D eigenvalue weighted by molar-refractivity contribution is 4.89. The van der Waals surface area contributed by atoms with E-state index in [4.69, 9.17) is 0 Å². The van der Waals surface area contributed by atoms with Crippen molar-refractivity contribution >= 4 is 0 Å². The third-order valence-corrected chi connectivity index (χ3v) is 4.93. The number of rotatable bonds is 12. The van der Waals surface area contributed by atoms with E-state index in [0.717, 1.165) is 5.92 Å². The molecular formula is C19H40N2. The van der Waals surface area contributed by atoms with Crippen LogP contribution in [0.25, 0.3) is 0 Å². The van der Waals surface area contributed by atoms with Crippen molar-refractivity contribution < 1.29 is 0 Å². The Labute approximate surface area is 134 Å². The van der Waals surface area contributed by atoms with Crippen molar-refractivity contribution in [1.82, 2.24) is 10.2 Å². The minimum absolute atomic E-state index is 0.566. The Morgan fingerprint density at radius 1 is 1.00 bits per heavy atom. The minimum Gasteiger partial charge on any atom is -0.316 e. The van der Waals surface area contributed by atoms with Crippen molar-refractivity contribution in [2.75, 3.05) is 32.7 Å². The molecule has 0 aromatic heterocycles. The molecule has 0 heterocycles. The quantitative estimate of drug-likeness (QED) is 0.562. The Morgan fingerprint density at radius 2 is 1.57 bits per heavy atom. The third-order valence-electron chi connectivity index (χ3n) is 4.93. The van der Waals surface area contributed by atoms with E-state index in [1.807, 2.05) is 0 Å². The highest BCUT2D eigenvalue weighted by Gasteiger charge is 2.34. The number of hydrogen-bond donors (Lipinski definition) is 1. The average Bonchev–Trinajstić information content (AvgIpc) is 2.90. The molecule has 0 aromatic carbocycles. The van der Waals surface area contributed by atoms with Crippen molar-refractivity contribution in [3.63, 3.8) is 0 Å². The van der Waals surface area contributed by atoms with Gasteiger partial charge in [-0.25, -0.2) is 0 Å². The van der Waals surface area contributed by atoms with Crippen LogP contribution in [0.5, 0.6) is 0 Å². The molecule has 0 amide bonds. The second kappa shape index (κ2) is 10.6. The molecule has 2 nitrogen and oxygen atoms in total. The molecule has 0 aromatic rings. The van der Waals surface area contributed by atoms with Crippen LogP contribution in [0.1, 0.15) is 79.1 Å². The van der Waals surface area contributed by atoms with Gasteiger partial charge in [-0.1, -0.05) is 53.4 Å². The molecule has 1 aliphatic rings. The van der Waals surface area contributed by atoms with Gasteiger partial charge in [-0.05, 0) is 56.7 Å². The Hall–Kier alpha value is -0.0800. The Balaban J connectivity index is 2.51.